The molecular weight excluding hydrogens is 262 g/mol. The van der Waals surface area contributed by atoms with Gasteiger partial charge in [-0.05, 0) is 0 Å². The lowest BCUT2D eigenvalue weighted by Crippen LogP contribution is -2.35. The number of amides is 3. The molecule has 1 aromatic heterocycles. The molecule has 0 aliphatic carbocycles. The van der Waals surface area contributed by atoms with Crippen LogP contribution in [0.4, 0.5) is 9.93 Å². The van der Waals surface area contributed by atoms with E-state index in [2.05, 4.69) is 15.6 Å². The molecule has 5 nitrogen and oxygen atoms in total. The third-order valence-corrected chi connectivity index (χ3v) is 2.87. The predicted molar refractivity (Wildman–Crippen MR) is 68.7 cm³/mol. The molecule has 0 aliphatic rings. The molecule has 0 radical (unpaired) electrons. The van der Waals surface area contributed by atoms with E-state index in [1.165, 1.54) is 11.3 Å². The Hall–Kier alpha value is -1.14. The van der Waals surface area contributed by atoms with Crippen molar-refractivity contribution in [3.8, 4) is 0 Å². The molecule has 0 saturated carbocycles. The van der Waals surface area contributed by atoms with Gasteiger partial charge in [0.15, 0.2) is 5.13 Å². The van der Waals surface area contributed by atoms with Crippen LogP contribution in [0.25, 0.3) is 0 Å². The zero-order chi connectivity index (χ0) is 13.1. The SMILES string of the molecule is CC(C)(C)c1csc(NC(=O)NC(=O)CCl)n1. The van der Waals surface area contributed by atoms with E-state index in [9.17, 15) is 9.59 Å². The quantitative estimate of drug-likeness (QED) is 0.814. The average Bonchev–Trinajstić information content (AvgIpc) is 2.65. The maximum atomic E-state index is 11.3. The first kappa shape index (κ1) is 13.9. The molecule has 7 heteroatoms. The zero-order valence-electron chi connectivity index (χ0n) is 9.83. The smallest absolute Gasteiger partial charge is 0.283 e. The van der Waals surface area contributed by atoms with E-state index in [1.54, 1.807) is 0 Å². The normalized spacial score (nSPS) is 11.1. The van der Waals surface area contributed by atoms with Crippen molar-refractivity contribution in [3.63, 3.8) is 0 Å². The number of halogens is 1. The van der Waals surface area contributed by atoms with Gasteiger partial charge in [0.1, 0.15) is 5.88 Å². The van der Waals surface area contributed by atoms with Crippen molar-refractivity contribution in [2.75, 3.05) is 11.2 Å². The number of thiazole rings is 1. The summed E-state index contributed by atoms with van der Waals surface area (Å²) in [4.78, 5) is 26.4. The second-order valence-corrected chi connectivity index (χ2v) is 5.55. The fourth-order valence-electron chi connectivity index (χ4n) is 0.964. The molecule has 0 bridgehead atoms. The van der Waals surface area contributed by atoms with Gasteiger partial charge in [-0.15, -0.1) is 22.9 Å². The number of anilines is 1. The van der Waals surface area contributed by atoms with Crippen molar-refractivity contribution >= 4 is 40.0 Å². The number of rotatable bonds is 2. The van der Waals surface area contributed by atoms with E-state index in [0.29, 0.717) is 5.13 Å². The van der Waals surface area contributed by atoms with Crippen LogP contribution in [0.2, 0.25) is 0 Å². The molecule has 1 heterocycles. The number of imide groups is 1. The number of carbonyl (C=O) groups is 2. The van der Waals surface area contributed by atoms with E-state index in [1.807, 2.05) is 26.2 Å². The Morgan fingerprint density at radius 3 is 2.59 bits per heavy atom. The second kappa shape index (κ2) is 5.46. The van der Waals surface area contributed by atoms with Gasteiger partial charge in [0.2, 0.25) is 5.91 Å². The Morgan fingerprint density at radius 2 is 2.12 bits per heavy atom. The Balaban J connectivity index is 2.61. The monoisotopic (exact) mass is 275 g/mol. The van der Waals surface area contributed by atoms with Crippen LogP contribution in [0.1, 0.15) is 26.5 Å². The van der Waals surface area contributed by atoms with Crippen LogP contribution in [-0.2, 0) is 10.2 Å². The standard InChI is InChI=1S/C10H14ClN3O2S/c1-10(2,3)6-5-17-9(12-6)14-8(16)13-7(15)4-11/h5H,4H2,1-3H3,(H2,12,13,14,15,16). The molecule has 0 aromatic carbocycles. The molecule has 0 atom stereocenters. The van der Waals surface area contributed by atoms with Crippen molar-refractivity contribution in [3.05, 3.63) is 11.1 Å². The van der Waals surface area contributed by atoms with Crippen molar-refractivity contribution in [2.45, 2.75) is 26.2 Å². The summed E-state index contributed by atoms with van der Waals surface area (Å²) < 4.78 is 0. The summed E-state index contributed by atoms with van der Waals surface area (Å²) in [5.41, 5.74) is 0.820. The molecular formula is C10H14ClN3O2S. The van der Waals surface area contributed by atoms with Crippen LogP contribution in [0, 0.1) is 0 Å². The van der Waals surface area contributed by atoms with Crippen LogP contribution in [0.15, 0.2) is 5.38 Å². The van der Waals surface area contributed by atoms with E-state index in [-0.39, 0.29) is 11.3 Å². The summed E-state index contributed by atoms with van der Waals surface area (Å²) in [5.74, 6) is -0.796. The number of hydrogen-bond acceptors (Lipinski definition) is 4. The van der Waals surface area contributed by atoms with Gasteiger partial charge in [-0.1, -0.05) is 20.8 Å². The maximum Gasteiger partial charge on any atom is 0.327 e. The predicted octanol–water partition coefficient (Wildman–Crippen LogP) is 2.33. The molecule has 0 unspecified atom stereocenters. The maximum absolute atomic E-state index is 11.3. The Kier molecular flexibility index (Phi) is 4.47. The lowest BCUT2D eigenvalue weighted by Gasteiger charge is -2.14. The minimum absolute atomic E-state index is 0.0706. The second-order valence-electron chi connectivity index (χ2n) is 4.42. The number of alkyl halides is 1. The highest BCUT2D eigenvalue weighted by molar-refractivity contribution is 7.13. The molecule has 0 fully saturated rings. The topological polar surface area (TPSA) is 71.1 Å². The first-order chi connectivity index (χ1) is 7.82. The van der Waals surface area contributed by atoms with Crippen LogP contribution in [-0.4, -0.2) is 22.8 Å². The number of nitrogens with zero attached hydrogens (tertiary/aromatic N) is 1. The fourth-order valence-corrected chi connectivity index (χ4v) is 1.96. The van der Waals surface area contributed by atoms with Crippen LogP contribution in [0.3, 0.4) is 0 Å². The fraction of sp³-hybridized carbons (Fsp3) is 0.500. The average molecular weight is 276 g/mol. The van der Waals surface area contributed by atoms with Crippen LogP contribution >= 0.6 is 22.9 Å². The number of aromatic nitrogens is 1. The van der Waals surface area contributed by atoms with Crippen LogP contribution < -0.4 is 10.6 Å². The molecule has 17 heavy (non-hydrogen) atoms. The number of urea groups is 1. The molecule has 1 aromatic rings. The van der Waals surface area contributed by atoms with Gasteiger partial charge in [-0.3, -0.25) is 15.4 Å². The minimum atomic E-state index is -0.620. The molecule has 94 valence electrons. The third-order valence-electron chi connectivity index (χ3n) is 1.87. The summed E-state index contributed by atoms with van der Waals surface area (Å²) in [6.07, 6.45) is 0. The largest absolute Gasteiger partial charge is 0.327 e. The van der Waals surface area contributed by atoms with E-state index in [4.69, 9.17) is 11.6 Å². The van der Waals surface area contributed by atoms with Gasteiger partial charge in [0.25, 0.3) is 0 Å². The highest BCUT2D eigenvalue weighted by Crippen LogP contribution is 2.26. The van der Waals surface area contributed by atoms with Gasteiger partial charge in [-0.25, -0.2) is 9.78 Å². The van der Waals surface area contributed by atoms with Gasteiger partial charge in [-0.2, -0.15) is 0 Å². The van der Waals surface area contributed by atoms with Crippen molar-refractivity contribution in [2.24, 2.45) is 0 Å². The van der Waals surface area contributed by atoms with E-state index >= 15 is 0 Å². The summed E-state index contributed by atoms with van der Waals surface area (Å²) in [6.45, 7) is 6.09. The zero-order valence-corrected chi connectivity index (χ0v) is 11.4. The Labute approximate surface area is 109 Å². The summed E-state index contributed by atoms with van der Waals surface area (Å²) >= 11 is 6.57. The summed E-state index contributed by atoms with van der Waals surface area (Å²) in [7, 11) is 0. The summed E-state index contributed by atoms with van der Waals surface area (Å²) in [6, 6.07) is -0.620. The Morgan fingerprint density at radius 1 is 1.47 bits per heavy atom. The molecule has 3 amide bonds. The summed E-state index contributed by atoms with van der Waals surface area (Å²) in [5, 5.41) is 6.88. The molecule has 0 aliphatic heterocycles. The van der Waals surface area contributed by atoms with Crippen molar-refractivity contribution < 1.29 is 9.59 Å². The number of carbonyl (C=O) groups excluding carboxylic acids is 2. The highest BCUT2D eigenvalue weighted by Gasteiger charge is 2.18. The minimum Gasteiger partial charge on any atom is -0.283 e. The lowest BCUT2D eigenvalue weighted by molar-refractivity contribution is -0.117. The van der Waals surface area contributed by atoms with Gasteiger partial charge < -0.3 is 0 Å². The number of hydrogen-bond donors (Lipinski definition) is 2. The molecule has 1 rings (SSSR count). The van der Waals surface area contributed by atoms with Gasteiger partial charge >= 0.3 is 6.03 Å². The first-order valence-electron chi connectivity index (χ1n) is 4.95. The third kappa shape index (κ3) is 4.32. The van der Waals surface area contributed by atoms with Gasteiger partial charge in [0, 0.05) is 10.8 Å². The van der Waals surface area contributed by atoms with E-state index in [0.717, 1.165) is 5.69 Å². The highest BCUT2D eigenvalue weighted by atomic mass is 35.5. The van der Waals surface area contributed by atoms with Crippen molar-refractivity contribution in [1.29, 1.82) is 0 Å². The molecule has 2 N–H and O–H groups in total. The van der Waals surface area contributed by atoms with Gasteiger partial charge in [0.05, 0.1) is 5.69 Å². The lowest BCUT2D eigenvalue weighted by atomic mass is 9.93. The van der Waals surface area contributed by atoms with Crippen molar-refractivity contribution in [1.82, 2.24) is 10.3 Å². The molecule has 0 saturated heterocycles. The van der Waals surface area contributed by atoms with Crippen LogP contribution in [0.5, 0.6) is 0 Å². The number of nitrogens with one attached hydrogen (secondary N) is 2. The van der Waals surface area contributed by atoms with E-state index < -0.39 is 11.9 Å². The molecule has 0 spiro atoms. The Bertz CT molecular complexity index is 425. The first-order valence-corrected chi connectivity index (χ1v) is 6.37.